The van der Waals surface area contributed by atoms with Crippen molar-refractivity contribution in [3.63, 3.8) is 0 Å². The zero-order chi connectivity index (χ0) is 16.7. The molecule has 0 saturated carbocycles. The van der Waals surface area contributed by atoms with E-state index in [1.54, 1.807) is 4.90 Å². The molecular weight excluding hydrogens is 298 g/mol. The number of amides is 1. The van der Waals surface area contributed by atoms with E-state index in [9.17, 15) is 9.59 Å². The molecule has 1 aromatic carbocycles. The number of nitrogens with zero attached hydrogens (tertiary/aromatic N) is 1. The molecule has 1 saturated heterocycles. The predicted octanol–water partition coefficient (Wildman–Crippen LogP) is 1.86. The number of carbonyl (C=O) groups is 2. The Morgan fingerprint density at radius 2 is 2.17 bits per heavy atom. The maximum absolute atomic E-state index is 12.2. The van der Waals surface area contributed by atoms with E-state index in [1.165, 1.54) is 0 Å². The highest BCUT2D eigenvalue weighted by atomic mass is 16.5. The van der Waals surface area contributed by atoms with E-state index in [-0.39, 0.29) is 12.3 Å². The largest absolute Gasteiger partial charge is 0.493 e. The van der Waals surface area contributed by atoms with Gasteiger partial charge < -0.3 is 19.5 Å². The molecule has 0 aliphatic carbocycles. The van der Waals surface area contributed by atoms with E-state index in [4.69, 9.17) is 14.6 Å². The quantitative estimate of drug-likeness (QED) is 0.776. The highest BCUT2D eigenvalue weighted by Gasteiger charge is 2.25. The smallest absolute Gasteiger partial charge is 0.306 e. The number of morpholine rings is 1. The van der Waals surface area contributed by atoms with Crippen molar-refractivity contribution in [2.75, 3.05) is 26.3 Å². The number of benzene rings is 1. The molecule has 1 amide bonds. The Balaban J connectivity index is 1.70. The highest BCUT2D eigenvalue weighted by Crippen LogP contribution is 2.17. The zero-order valence-corrected chi connectivity index (χ0v) is 13.4. The van der Waals surface area contributed by atoms with E-state index >= 15 is 0 Å². The van der Waals surface area contributed by atoms with Crippen LogP contribution in [0.1, 0.15) is 24.8 Å². The molecule has 6 heteroatoms. The van der Waals surface area contributed by atoms with Crippen LogP contribution >= 0.6 is 0 Å². The fourth-order valence-electron chi connectivity index (χ4n) is 2.55. The molecule has 1 heterocycles. The molecule has 0 unspecified atom stereocenters. The summed E-state index contributed by atoms with van der Waals surface area (Å²) in [6.07, 6.45) is 0.549. The standard InChI is InChI=1S/C17H23NO5/c1-13-5-2-3-6-15(13)23-9-4-7-16(19)18-8-10-22-14(12-18)11-17(20)21/h2-3,5-6,14H,4,7-12H2,1H3,(H,20,21)/t14-/m0/s1. The number of carboxylic acids is 1. The average Bonchev–Trinajstić information content (AvgIpc) is 2.52. The van der Waals surface area contributed by atoms with Crippen LogP contribution in [0.5, 0.6) is 5.75 Å². The summed E-state index contributed by atoms with van der Waals surface area (Å²) >= 11 is 0. The van der Waals surface area contributed by atoms with Crippen molar-refractivity contribution in [2.24, 2.45) is 0 Å². The summed E-state index contributed by atoms with van der Waals surface area (Å²) in [5.41, 5.74) is 1.07. The predicted molar refractivity (Wildman–Crippen MR) is 84.5 cm³/mol. The molecule has 126 valence electrons. The van der Waals surface area contributed by atoms with Crippen LogP contribution in [0.15, 0.2) is 24.3 Å². The van der Waals surface area contributed by atoms with Crippen LogP contribution in [0.2, 0.25) is 0 Å². The van der Waals surface area contributed by atoms with E-state index in [2.05, 4.69) is 0 Å². The lowest BCUT2D eigenvalue weighted by molar-refractivity contribution is -0.147. The summed E-state index contributed by atoms with van der Waals surface area (Å²) in [7, 11) is 0. The summed E-state index contributed by atoms with van der Waals surface area (Å²) in [4.78, 5) is 24.6. The molecular formula is C17H23NO5. The molecule has 0 bridgehead atoms. The van der Waals surface area contributed by atoms with E-state index < -0.39 is 12.1 Å². The molecule has 1 N–H and O–H groups in total. The second-order valence-electron chi connectivity index (χ2n) is 5.65. The van der Waals surface area contributed by atoms with E-state index in [0.29, 0.717) is 39.1 Å². The molecule has 1 aromatic rings. The van der Waals surface area contributed by atoms with Gasteiger partial charge in [0, 0.05) is 19.5 Å². The number of para-hydroxylation sites is 1. The van der Waals surface area contributed by atoms with Gasteiger partial charge in [0.15, 0.2) is 0 Å². The Kier molecular flexibility index (Phi) is 6.40. The number of hydrogen-bond donors (Lipinski definition) is 1. The van der Waals surface area contributed by atoms with Crippen molar-refractivity contribution in [3.05, 3.63) is 29.8 Å². The molecule has 1 aliphatic heterocycles. The summed E-state index contributed by atoms with van der Waals surface area (Å²) in [5, 5.41) is 8.79. The van der Waals surface area contributed by atoms with Crippen LogP contribution in [0, 0.1) is 6.92 Å². The summed E-state index contributed by atoms with van der Waals surface area (Å²) in [6, 6.07) is 7.77. The van der Waals surface area contributed by atoms with Crippen molar-refractivity contribution >= 4 is 11.9 Å². The van der Waals surface area contributed by atoms with Gasteiger partial charge >= 0.3 is 5.97 Å². The molecule has 0 spiro atoms. The van der Waals surface area contributed by atoms with Gasteiger partial charge in [-0.05, 0) is 25.0 Å². The van der Waals surface area contributed by atoms with Crippen LogP contribution < -0.4 is 4.74 Å². The van der Waals surface area contributed by atoms with Gasteiger partial charge in [0.25, 0.3) is 0 Å². The van der Waals surface area contributed by atoms with Gasteiger partial charge in [0.05, 0.1) is 25.7 Å². The molecule has 1 fully saturated rings. The number of carboxylic acid groups (broad SMARTS) is 1. The number of ether oxygens (including phenoxy) is 2. The molecule has 1 atom stereocenters. The number of rotatable bonds is 7. The highest BCUT2D eigenvalue weighted by molar-refractivity contribution is 5.76. The van der Waals surface area contributed by atoms with Gasteiger partial charge in [0.1, 0.15) is 5.75 Å². The van der Waals surface area contributed by atoms with Crippen LogP contribution in [0.4, 0.5) is 0 Å². The first kappa shape index (κ1) is 17.3. The van der Waals surface area contributed by atoms with Gasteiger partial charge in [0.2, 0.25) is 5.91 Å². The summed E-state index contributed by atoms with van der Waals surface area (Å²) in [5.74, 6) is -0.0409. The van der Waals surface area contributed by atoms with Crippen molar-refractivity contribution < 1.29 is 24.2 Å². The SMILES string of the molecule is Cc1ccccc1OCCCC(=O)N1CCO[C@@H](CC(=O)O)C1. The molecule has 0 aromatic heterocycles. The van der Waals surface area contributed by atoms with E-state index in [1.807, 2.05) is 31.2 Å². The van der Waals surface area contributed by atoms with Crippen LogP contribution in [0.3, 0.4) is 0 Å². The normalized spacial score (nSPS) is 17.8. The minimum Gasteiger partial charge on any atom is -0.493 e. The lowest BCUT2D eigenvalue weighted by Crippen LogP contribution is -2.46. The fraction of sp³-hybridized carbons (Fsp3) is 0.529. The third-order valence-electron chi connectivity index (χ3n) is 3.78. The third-order valence-corrected chi connectivity index (χ3v) is 3.78. The Morgan fingerprint density at radius 1 is 1.39 bits per heavy atom. The third kappa shape index (κ3) is 5.56. The van der Waals surface area contributed by atoms with E-state index in [0.717, 1.165) is 11.3 Å². The van der Waals surface area contributed by atoms with Crippen LogP contribution in [0.25, 0.3) is 0 Å². The van der Waals surface area contributed by atoms with Crippen molar-refractivity contribution in [3.8, 4) is 5.75 Å². The van der Waals surface area contributed by atoms with Gasteiger partial charge in [-0.2, -0.15) is 0 Å². The maximum Gasteiger partial charge on any atom is 0.306 e. The Bertz CT molecular complexity index is 546. The molecule has 2 rings (SSSR count). The molecule has 1 aliphatic rings. The first-order chi connectivity index (χ1) is 11.1. The first-order valence-corrected chi connectivity index (χ1v) is 7.86. The van der Waals surface area contributed by atoms with Gasteiger partial charge in [-0.25, -0.2) is 0 Å². The second kappa shape index (κ2) is 8.53. The summed E-state index contributed by atoms with van der Waals surface area (Å²) in [6.45, 7) is 3.73. The second-order valence-corrected chi connectivity index (χ2v) is 5.65. The Labute approximate surface area is 136 Å². The lowest BCUT2D eigenvalue weighted by Gasteiger charge is -2.32. The monoisotopic (exact) mass is 321 g/mol. The number of hydrogen-bond acceptors (Lipinski definition) is 4. The minimum absolute atomic E-state index is 0.0251. The van der Waals surface area contributed by atoms with Crippen LogP contribution in [-0.4, -0.2) is 54.3 Å². The van der Waals surface area contributed by atoms with Crippen LogP contribution in [-0.2, 0) is 14.3 Å². The van der Waals surface area contributed by atoms with Crippen molar-refractivity contribution in [1.82, 2.24) is 4.90 Å². The molecule has 6 nitrogen and oxygen atoms in total. The Morgan fingerprint density at radius 3 is 2.91 bits per heavy atom. The van der Waals surface area contributed by atoms with Gasteiger partial charge in [-0.3, -0.25) is 9.59 Å². The summed E-state index contributed by atoms with van der Waals surface area (Å²) < 4.78 is 11.0. The van der Waals surface area contributed by atoms with Gasteiger partial charge in [-0.1, -0.05) is 18.2 Å². The minimum atomic E-state index is -0.907. The zero-order valence-electron chi connectivity index (χ0n) is 13.4. The number of aliphatic carboxylic acids is 1. The maximum atomic E-state index is 12.2. The van der Waals surface area contributed by atoms with Crippen molar-refractivity contribution in [2.45, 2.75) is 32.3 Å². The lowest BCUT2D eigenvalue weighted by atomic mass is 10.2. The molecule has 23 heavy (non-hydrogen) atoms. The number of aryl methyl sites for hydroxylation is 1. The fourth-order valence-corrected chi connectivity index (χ4v) is 2.55. The Hall–Kier alpha value is -2.08. The van der Waals surface area contributed by atoms with Gasteiger partial charge in [-0.15, -0.1) is 0 Å². The first-order valence-electron chi connectivity index (χ1n) is 7.86. The van der Waals surface area contributed by atoms with Crippen molar-refractivity contribution in [1.29, 1.82) is 0 Å². The average molecular weight is 321 g/mol. The number of carbonyl (C=O) groups excluding carboxylic acids is 1. The topological polar surface area (TPSA) is 76.1 Å². The molecule has 0 radical (unpaired) electrons.